The Morgan fingerprint density at radius 2 is 2.12 bits per heavy atom. The van der Waals surface area contributed by atoms with E-state index < -0.39 is 0 Å². The average molecular weight is 222 g/mol. The SMILES string of the molecule is Nc1ccc(C(=O)NC2CC(O)C2)cc1O. The van der Waals surface area contributed by atoms with Gasteiger partial charge in [0, 0.05) is 11.6 Å². The highest BCUT2D eigenvalue weighted by atomic mass is 16.3. The van der Waals surface area contributed by atoms with Gasteiger partial charge in [0.1, 0.15) is 5.75 Å². The van der Waals surface area contributed by atoms with E-state index in [1.54, 1.807) is 6.07 Å². The summed E-state index contributed by atoms with van der Waals surface area (Å²) >= 11 is 0. The molecule has 1 aliphatic rings. The summed E-state index contributed by atoms with van der Waals surface area (Å²) in [7, 11) is 0. The molecule has 0 radical (unpaired) electrons. The minimum atomic E-state index is -0.301. The summed E-state index contributed by atoms with van der Waals surface area (Å²) < 4.78 is 0. The third-order valence-electron chi connectivity index (χ3n) is 2.74. The number of anilines is 1. The van der Waals surface area contributed by atoms with E-state index >= 15 is 0 Å². The summed E-state index contributed by atoms with van der Waals surface area (Å²) in [5, 5.41) is 21.2. The van der Waals surface area contributed by atoms with Crippen molar-refractivity contribution in [2.75, 3.05) is 5.73 Å². The normalized spacial score (nSPS) is 23.6. The zero-order valence-electron chi connectivity index (χ0n) is 8.68. The van der Waals surface area contributed by atoms with Crippen molar-refractivity contribution >= 4 is 11.6 Å². The third-order valence-corrected chi connectivity index (χ3v) is 2.74. The van der Waals surface area contributed by atoms with Crippen LogP contribution in [0.2, 0.25) is 0 Å². The molecular weight excluding hydrogens is 208 g/mol. The minimum absolute atomic E-state index is 0.0298. The second kappa shape index (κ2) is 4.02. The Labute approximate surface area is 92.9 Å². The van der Waals surface area contributed by atoms with Gasteiger partial charge in [0.05, 0.1) is 11.8 Å². The number of benzene rings is 1. The summed E-state index contributed by atoms with van der Waals surface area (Å²) in [5.74, 6) is -0.353. The van der Waals surface area contributed by atoms with Crippen LogP contribution in [-0.2, 0) is 0 Å². The van der Waals surface area contributed by atoms with Crippen LogP contribution in [0.25, 0.3) is 0 Å². The Balaban J connectivity index is 2.01. The largest absolute Gasteiger partial charge is 0.506 e. The van der Waals surface area contributed by atoms with Crippen LogP contribution in [0.4, 0.5) is 5.69 Å². The van der Waals surface area contributed by atoms with Crippen molar-refractivity contribution in [3.05, 3.63) is 23.8 Å². The lowest BCUT2D eigenvalue weighted by Crippen LogP contribution is -2.46. The highest BCUT2D eigenvalue weighted by Crippen LogP contribution is 2.22. The van der Waals surface area contributed by atoms with E-state index in [1.807, 2.05) is 0 Å². The minimum Gasteiger partial charge on any atom is -0.506 e. The fourth-order valence-electron chi connectivity index (χ4n) is 1.66. The number of phenolic OH excluding ortho intramolecular Hbond substituents is 1. The van der Waals surface area contributed by atoms with Crippen LogP contribution in [0.3, 0.4) is 0 Å². The number of nitrogens with two attached hydrogens (primary N) is 1. The number of nitrogens with one attached hydrogen (secondary N) is 1. The molecule has 1 amide bonds. The van der Waals surface area contributed by atoms with Crippen LogP contribution < -0.4 is 11.1 Å². The Morgan fingerprint density at radius 1 is 1.44 bits per heavy atom. The Kier molecular flexibility index (Phi) is 2.70. The van der Waals surface area contributed by atoms with E-state index in [0.29, 0.717) is 18.4 Å². The molecule has 0 heterocycles. The molecule has 0 saturated heterocycles. The average Bonchev–Trinajstić information content (AvgIpc) is 2.19. The third kappa shape index (κ3) is 2.09. The fourth-order valence-corrected chi connectivity index (χ4v) is 1.66. The Hall–Kier alpha value is -1.75. The van der Waals surface area contributed by atoms with Crippen LogP contribution in [0.1, 0.15) is 23.2 Å². The number of aromatic hydroxyl groups is 1. The van der Waals surface area contributed by atoms with E-state index in [1.165, 1.54) is 12.1 Å². The summed E-state index contributed by atoms with van der Waals surface area (Å²) in [6.07, 6.45) is 0.879. The lowest BCUT2D eigenvalue weighted by Gasteiger charge is -2.31. The first kappa shape index (κ1) is 10.8. The Morgan fingerprint density at radius 3 is 2.69 bits per heavy atom. The van der Waals surface area contributed by atoms with Gasteiger partial charge in [-0.1, -0.05) is 0 Å². The monoisotopic (exact) mass is 222 g/mol. The molecule has 0 aliphatic heterocycles. The van der Waals surface area contributed by atoms with Crippen LogP contribution in [0.5, 0.6) is 5.75 Å². The van der Waals surface area contributed by atoms with E-state index in [9.17, 15) is 9.90 Å². The van der Waals surface area contributed by atoms with E-state index in [2.05, 4.69) is 5.32 Å². The van der Waals surface area contributed by atoms with Crippen molar-refractivity contribution in [1.82, 2.24) is 5.32 Å². The molecule has 0 aromatic heterocycles. The number of hydrogen-bond acceptors (Lipinski definition) is 4. The summed E-state index contributed by atoms with van der Waals surface area (Å²) in [6.45, 7) is 0. The van der Waals surface area contributed by atoms with E-state index in [0.717, 1.165) is 0 Å². The number of hydrogen-bond donors (Lipinski definition) is 4. The molecule has 5 N–H and O–H groups in total. The number of rotatable bonds is 2. The number of aliphatic hydroxyl groups is 1. The van der Waals surface area contributed by atoms with Crippen LogP contribution >= 0.6 is 0 Å². The fraction of sp³-hybridized carbons (Fsp3) is 0.364. The number of carbonyl (C=O) groups is 1. The van der Waals surface area contributed by atoms with Gasteiger partial charge in [0.2, 0.25) is 0 Å². The standard InChI is InChI=1S/C11H14N2O3/c12-9-2-1-6(3-10(9)15)11(16)13-7-4-8(14)5-7/h1-3,7-8,14-15H,4-5,12H2,(H,13,16). The van der Waals surface area contributed by atoms with Crippen molar-refractivity contribution in [2.45, 2.75) is 25.0 Å². The first-order valence-electron chi connectivity index (χ1n) is 5.13. The topological polar surface area (TPSA) is 95.6 Å². The lowest BCUT2D eigenvalue weighted by molar-refractivity contribution is 0.0562. The van der Waals surface area contributed by atoms with Crippen molar-refractivity contribution in [2.24, 2.45) is 0 Å². The molecule has 0 bridgehead atoms. The van der Waals surface area contributed by atoms with Gasteiger partial charge >= 0.3 is 0 Å². The van der Waals surface area contributed by atoms with Gasteiger partial charge < -0.3 is 21.3 Å². The molecule has 2 rings (SSSR count). The maximum atomic E-state index is 11.7. The molecule has 0 spiro atoms. The Bertz CT molecular complexity index is 414. The number of nitrogen functional groups attached to an aromatic ring is 1. The maximum Gasteiger partial charge on any atom is 0.251 e. The van der Waals surface area contributed by atoms with Gasteiger partial charge in [0.25, 0.3) is 5.91 Å². The van der Waals surface area contributed by atoms with E-state index in [-0.39, 0.29) is 29.5 Å². The van der Waals surface area contributed by atoms with Gasteiger partial charge in [-0.25, -0.2) is 0 Å². The molecule has 1 saturated carbocycles. The highest BCUT2D eigenvalue weighted by Gasteiger charge is 2.28. The molecule has 0 unspecified atom stereocenters. The molecule has 1 aliphatic carbocycles. The van der Waals surface area contributed by atoms with Gasteiger partial charge in [-0.05, 0) is 31.0 Å². The van der Waals surface area contributed by atoms with Gasteiger partial charge in [-0.3, -0.25) is 4.79 Å². The summed E-state index contributed by atoms with van der Waals surface area (Å²) in [6, 6.07) is 4.40. The molecule has 1 fully saturated rings. The predicted molar refractivity (Wildman–Crippen MR) is 59.0 cm³/mol. The van der Waals surface area contributed by atoms with Crippen molar-refractivity contribution in [3.63, 3.8) is 0 Å². The van der Waals surface area contributed by atoms with Crippen molar-refractivity contribution < 1.29 is 15.0 Å². The summed E-state index contributed by atoms with van der Waals surface area (Å²) in [4.78, 5) is 11.7. The second-order valence-corrected chi connectivity index (χ2v) is 4.07. The zero-order chi connectivity index (χ0) is 11.7. The molecule has 1 aromatic carbocycles. The van der Waals surface area contributed by atoms with Gasteiger partial charge in [0.15, 0.2) is 0 Å². The zero-order valence-corrected chi connectivity index (χ0v) is 8.68. The second-order valence-electron chi connectivity index (χ2n) is 4.07. The van der Waals surface area contributed by atoms with Crippen molar-refractivity contribution in [3.8, 4) is 5.75 Å². The molecule has 5 nitrogen and oxygen atoms in total. The smallest absolute Gasteiger partial charge is 0.251 e. The molecule has 5 heteroatoms. The van der Waals surface area contributed by atoms with Crippen molar-refractivity contribution in [1.29, 1.82) is 0 Å². The highest BCUT2D eigenvalue weighted by molar-refractivity contribution is 5.95. The molecule has 16 heavy (non-hydrogen) atoms. The lowest BCUT2D eigenvalue weighted by atomic mass is 9.89. The van der Waals surface area contributed by atoms with E-state index in [4.69, 9.17) is 10.8 Å². The number of aliphatic hydroxyl groups excluding tert-OH is 1. The van der Waals surface area contributed by atoms with Crippen LogP contribution in [0, 0.1) is 0 Å². The number of amides is 1. The maximum absolute atomic E-state index is 11.7. The summed E-state index contributed by atoms with van der Waals surface area (Å²) in [5.41, 5.74) is 6.05. The molecule has 1 aromatic rings. The first-order chi connectivity index (χ1) is 7.56. The quantitative estimate of drug-likeness (QED) is 0.425. The predicted octanol–water partition coefficient (Wildman–Crippen LogP) is 0.227. The number of phenols is 1. The van der Waals surface area contributed by atoms with Gasteiger partial charge in [-0.2, -0.15) is 0 Å². The molecule has 0 atom stereocenters. The van der Waals surface area contributed by atoms with Crippen LogP contribution in [-0.4, -0.2) is 28.3 Å². The van der Waals surface area contributed by atoms with Crippen LogP contribution in [0.15, 0.2) is 18.2 Å². The number of carbonyl (C=O) groups excluding carboxylic acids is 1. The molecule has 86 valence electrons. The molecular formula is C11H14N2O3. The first-order valence-corrected chi connectivity index (χ1v) is 5.13. The van der Waals surface area contributed by atoms with Gasteiger partial charge in [-0.15, -0.1) is 0 Å².